The molecule has 0 saturated carbocycles. The van der Waals surface area contributed by atoms with Gasteiger partial charge in [-0.05, 0) is 32.3 Å². The molecule has 0 aromatic heterocycles. The van der Waals surface area contributed by atoms with E-state index in [1.165, 1.54) is 0 Å². The summed E-state index contributed by atoms with van der Waals surface area (Å²) in [5, 5.41) is 8.54. The van der Waals surface area contributed by atoms with E-state index in [0.717, 1.165) is 30.3 Å². The van der Waals surface area contributed by atoms with Crippen molar-refractivity contribution in [3.8, 4) is 0 Å². The van der Waals surface area contributed by atoms with E-state index >= 15 is 0 Å². The Bertz CT molecular complexity index is 195. The van der Waals surface area contributed by atoms with Crippen molar-refractivity contribution in [1.29, 1.82) is 0 Å². The predicted octanol–water partition coefficient (Wildman–Crippen LogP) is 1.85. The zero-order valence-electron chi connectivity index (χ0n) is 8.29. The molecule has 0 heterocycles. The molecule has 2 nitrogen and oxygen atoms in total. The summed E-state index contributed by atoms with van der Waals surface area (Å²) in [4.78, 5) is 10.2. The third-order valence-electron chi connectivity index (χ3n) is 1.63. The molecule has 0 fully saturated rings. The molecular formula is C10H16AcO2. The molecule has 0 aromatic rings. The average Bonchev–Trinajstić information content (AvgIpc) is 2.04. The molecule has 0 rings (SSSR count). The Morgan fingerprint density at radius 3 is 2.38 bits per heavy atom. The third kappa shape index (κ3) is 10.5. The Hall–Kier alpha value is 0.552. The fourth-order valence-corrected chi connectivity index (χ4v) is 0.834. The van der Waals surface area contributed by atoms with E-state index in [4.69, 9.17) is 5.11 Å². The number of carbonyl (C=O) groups excluding carboxylic acids is 1. The van der Waals surface area contributed by atoms with Crippen LogP contribution in [0.5, 0.6) is 0 Å². The van der Waals surface area contributed by atoms with Crippen LogP contribution < -0.4 is 0 Å². The first-order valence-corrected chi connectivity index (χ1v) is 4.09. The van der Waals surface area contributed by atoms with Gasteiger partial charge in [0.05, 0.1) is 6.61 Å². The summed E-state index contributed by atoms with van der Waals surface area (Å²) in [6.45, 7) is 3.86. The van der Waals surface area contributed by atoms with Crippen LogP contribution >= 0.6 is 0 Å². The molecule has 0 spiro atoms. The zero-order chi connectivity index (χ0) is 9.40. The molecule has 13 heavy (non-hydrogen) atoms. The molecule has 1 N–H and O–H groups in total. The summed E-state index contributed by atoms with van der Waals surface area (Å²) in [6.07, 6.45) is 6.32. The minimum Gasteiger partial charge on any atom is -0.392 e. The molecule has 0 atom stereocenters. The number of hydrogen-bond donors (Lipinski definition) is 1. The number of rotatable bonds is 5. The molecule has 0 bridgehead atoms. The molecule has 0 aliphatic carbocycles. The second kappa shape index (κ2) is 10.6. The van der Waals surface area contributed by atoms with Gasteiger partial charge in [-0.15, -0.1) is 0 Å². The van der Waals surface area contributed by atoms with Crippen molar-refractivity contribution in [1.82, 2.24) is 0 Å². The van der Waals surface area contributed by atoms with Gasteiger partial charge in [-0.1, -0.05) is 17.7 Å². The molecule has 0 unspecified atom stereocenters. The Morgan fingerprint density at radius 2 is 1.92 bits per heavy atom. The maximum Gasteiger partial charge on any atom is 0.145 e. The standard InChI is InChI=1S/C10H16O2.Ac/c1-9(6-7-11)4-3-5-10(2)8-12;/h5-6,8,11H,3-4,7H2,1-2H3;/b9-6+,10-5+;. The number of aliphatic hydroxyl groups is 1. The molecule has 0 aliphatic heterocycles. The number of aliphatic hydroxyl groups excluding tert-OH is 1. The molecular weight excluding hydrogens is 379 g/mol. The molecule has 0 saturated heterocycles. The van der Waals surface area contributed by atoms with Gasteiger partial charge in [-0.3, -0.25) is 4.79 Å². The molecule has 3 heteroatoms. The van der Waals surface area contributed by atoms with Gasteiger partial charge >= 0.3 is 0 Å². The molecule has 71 valence electrons. The van der Waals surface area contributed by atoms with Crippen molar-refractivity contribution in [3.05, 3.63) is 23.3 Å². The number of aldehydes is 1. The second-order valence-electron chi connectivity index (χ2n) is 2.84. The first kappa shape index (κ1) is 16.0. The van der Waals surface area contributed by atoms with E-state index < -0.39 is 0 Å². The topological polar surface area (TPSA) is 37.3 Å². The van der Waals surface area contributed by atoms with Crippen molar-refractivity contribution >= 4 is 6.29 Å². The van der Waals surface area contributed by atoms with Crippen LogP contribution in [-0.2, 0) is 4.79 Å². The Balaban J connectivity index is 0. The minimum absolute atomic E-state index is 0. The Labute approximate surface area is 116 Å². The fraction of sp³-hybridized carbons (Fsp3) is 0.500. The van der Waals surface area contributed by atoms with Gasteiger partial charge in [-0.2, -0.15) is 0 Å². The largest absolute Gasteiger partial charge is 0.392 e. The average molecular weight is 395 g/mol. The Kier molecular flexibility index (Phi) is 13.1. The normalized spacial score (nSPS) is 12.2. The van der Waals surface area contributed by atoms with Crippen molar-refractivity contribution < 1.29 is 54.0 Å². The van der Waals surface area contributed by atoms with Gasteiger partial charge < -0.3 is 5.11 Å². The van der Waals surface area contributed by atoms with Crippen molar-refractivity contribution in [2.75, 3.05) is 6.61 Å². The molecule has 0 amide bonds. The van der Waals surface area contributed by atoms with E-state index in [0.29, 0.717) is 0 Å². The maximum atomic E-state index is 10.2. The van der Waals surface area contributed by atoms with Crippen molar-refractivity contribution in [3.63, 3.8) is 0 Å². The second-order valence-corrected chi connectivity index (χ2v) is 2.84. The fourth-order valence-electron chi connectivity index (χ4n) is 0.834. The minimum atomic E-state index is 0. The van der Waals surface area contributed by atoms with Gasteiger partial charge in [0, 0.05) is 44.1 Å². The zero-order valence-corrected chi connectivity index (χ0v) is 13.0. The van der Waals surface area contributed by atoms with Crippen LogP contribution in [0.4, 0.5) is 0 Å². The summed E-state index contributed by atoms with van der Waals surface area (Å²) in [5.74, 6) is 0. The van der Waals surface area contributed by atoms with Crippen LogP contribution in [0.1, 0.15) is 26.7 Å². The van der Waals surface area contributed by atoms with Gasteiger partial charge in [0.1, 0.15) is 6.29 Å². The molecule has 0 aliphatic rings. The van der Waals surface area contributed by atoms with Gasteiger partial charge in [-0.25, -0.2) is 0 Å². The summed E-state index contributed by atoms with van der Waals surface area (Å²) in [6, 6.07) is 0. The monoisotopic (exact) mass is 395 g/mol. The van der Waals surface area contributed by atoms with E-state index in [2.05, 4.69) is 0 Å². The van der Waals surface area contributed by atoms with E-state index in [1.807, 2.05) is 13.0 Å². The number of hydrogen-bond acceptors (Lipinski definition) is 2. The number of allylic oxidation sites excluding steroid dienone is 3. The number of carbonyl (C=O) groups is 1. The van der Waals surface area contributed by atoms with Crippen molar-refractivity contribution in [2.24, 2.45) is 0 Å². The summed E-state index contributed by atoms with van der Waals surface area (Å²) < 4.78 is 0. The maximum absolute atomic E-state index is 10.2. The van der Waals surface area contributed by atoms with Gasteiger partial charge in [0.2, 0.25) is 0 Å². The van der Waals surface area contributed by atoms with Crippen LogP contribution in [0, 0.1) is 44.1 Å². The molecule has 1 radical (unpaired) electrons. The summed E-state index contributed by atoms with van der Waals surface area (Å²) >= 11 is 0. The van der Waals surface area contributed by atoms with Crippen LogP contribution in [0.2, 0.25) is 0 Å². The van der Waals surface area contributed by atoms with Gasteiger partial charge in [0.15, 0.2) is 0 Å². The smallest absolute Gasteiger partial charge is 0.145 e. The summed E-state index contributed by atoms with van der Waals surface area (Å²) in [7, 11) is 0. The summed E-state index contributed by atoms with van der Waals surface area (Å²) in [5.41, 5.74) is 1.93. The van der Waals surface area contributed by atoms with Crippen LogP contribution in [-0.4, -0.2) is 18.0 Å². The first-order valence-electron chi connectivity index (χ1n) is 4.09. The Morgan fingerprint density at radius 1 is 1.31 bits per heavy atom. The van der Waals surface area contributed by atoms with Crippen LogP contribution in [0.25, 0.3) is 0 Å². The molecule has 0 aromatic carbocycles. The van der Waals surface area contributed by atoms with Gasteiger partial charge in [0.25, 0.3) is 0 Å². The van der Waals surface area contributed by atoms with Crippen LogP contribution in [0.3, 0.4) is 0 Å². The van der Waals surface area contributed by atoms with E-state index in [-0.39, 0.29) is 50.7 Å². The quantitative estimate of drug-likeness (QED) is 0.439. The van der Waals surface area contributed by atoms with E-state index in [9.17, 15) is 4.79 Å². The van der Waals surface area contributed by atoms with Crippen LogP contribution in [0.15, 0.2) is 23.3 Å². The van der Waals surface area contributed by atoms with E-state index in [1.54, 1.807) is 13.0 Å². The SMILES string of the molecule is C/C(C=O)=C\CC/C(C)=C/CO.[Ac]. The predicted molar refractivity (Wildman–Crippen MR) is 49.9 cm³/mol. The third-order valence-corrected chi connectivity index (χ3v) is 1.63. The first-order chi connectivity index (χ1) is 5.70. The van der Waals surface area contributed by atoms with Crippen molar-refractivity contribution in [2.45, 2.75) is 26.7 Å².